The number of H-pyrrole nitrogens is 1. The van der Waals surface area contributed by atoms with Gasteiger partial charge in [-0.15, -0.1) is 0 Å². The zero-order valence-electron chi connectivity index (χ0n) is 10.6. The minimum atomic E-state index is -3.58. The van der Waals surface area contributed by atoms with Crippen molar-refractivity contribution in [1.29, 1.82) is 0 Å². The van der Waals surface area contributed by atoms with Gasteiger partial charge in [0.2, 0.25) is 10.0 Å². The number of rotatable bonds is 4. The molecule has 0 saturated heterocycles. The van der Waals surface area contributed by atoms with Crippen LogP contribution < -0.4 is 4.72 Å². The monoisotopic (exact) mass is 299 g/mol. The first-order chi connectivity index (χ1) is 8.90. The van der Waals surface area contributed by atoms with Crippen LogP contribution in [0.15, 0.2) is 29.2 Å². The van der Waals surface area contributed by atoms with Crippen molar-refractivity contribution in [3.05, 3.63) is 46.2 Å². The number of hydrogen-bond donors (Lipinski definition) is 2. The number of aromatic amines is 1. The molecule has 0 radical (unpaired) electrons. The van der Waals surface area contributed by atoms with Crippen LogP contribution in [-0.2, 0) is 16.6 Å². The van der Waals surface area contributed by atoms with Gasteiger partial charge in [0.1, 0.15) is 4.90 Å². The minimum Gasteiger partial charge on any atom is -0.281 e. The summed E-state index contributed by atoms with van der Waals surface area (Å²) in [5, 5.41) is 7.12. The van der Waals surface area contributed by atoms with Gasteiger partial charge in [-0.2, -0.15) is 5.10 Å². The van der Waals surface area contributed by atoms with E-state index < -0.39 is 10.0 Å². The van der Waals surface area contributed by atoms with E-state index in [-0.39, 0.29) is 11.4 Å². The molecule has 0 atom stereocenters. The second-order valence-corrected chi connectivity index (χ2v) is 6.36. The molecule has 0 unspecified atom stereocenters. The Balaban J connectivity index is 2.19. The maximum absolute atomic E-state index is 12.2. The third-order valence-corrected chi connectivity index (χ3v) is 4.58. The van der Waals surface area contributed by atoms with Crippen LogP contribution in [0.1, 0.15) is 17.0 Å². The summed E-state index contributed by atoms with van der Waals surface area (Å²) in [5.41, 5.74) is 1.78. The van der Waals surface area contributed by atoms with Gasteiger partial charge in [0.15, 0.2) is 0 Å². The van der Waals surface area contributed by atoms with E-state index in [0.717, 1.165) is 5.56 Å². The standard InChI is InChI=1S/C12H14ClN3O2S/c1-8-12(9(2)16-15-8)19(17,18)14-7-10-4-3-5-11(13)6-10/h3-6,14H,7H2,1-2H3,(H,15,16). The summed E-state index contributed by atoms with van der Waals surface area (Å²) in [7, 11) is -3.58. The molecule has 5 nitrogen and oxygen atoms in total. The molecule has 1 heterocycles. The smallest absolute Gasteiger partial charge is 0.244 e. The van der Waals surface area contributed by atoms with Crippen molar-refractivity contribution in [3.8, 4) is 0 Å². The molecule has 0 aliphatic rings. The van der Waals surface area contributed by atoms with Gasteiger partial charge in [-0.1, -0.05) is 23.7 Å². The van der Waals surface area contributed by atoms with E-state index in [1.807, 2.05) is 6.07 Å². The average molecular weight is 300 g/mol. The summed E-state index contributed by atoms with van der Waals surface area (Å²) in [6.07, 6.45) is 0. The first-order valence-corrected chi connectivity index (χ1v) is 7.52. The molecule has 0 aliphatic heterocycles. The number of nitrogens with zero attached hydrogens (tertiary/aromatic N) is 1. The Morgan fingerprint density at radius 2 is 2.11 bits per heavy atom. The van der Waals surface area contributed by atoms with Crippen LogP contribution in [0.4, 0.5) is 0 Å². The number of benzene rings is 1. The first-order valence-electron chi connectivity index (χ1n) is 5.66. The first kappa shape index (κ1) is 14.0. The Bertz CT molecular complexity index is 675. The second kappa shape index (κ2) is 5.32. The van der Waals surface area contributed by atoms with Gasteiger partial charge in [0, 0.05) is 11.6 Å². The molecular weight excluding hydrogens is 286 g/mol. The highest BCUT2D eigenvalue weighted by Gasteiger charge is 2.21. The Kier molecular flexibility index (Phi) is 3.93. The van der Waals surface area contributed by atoms with Crippen LogP contribution in [0.2, 0.25) is 5.02 Å². The number of aryl methyl sites for hydroxylation is 2. The van der Waals surface area contributed by atoms with E-state index in [2.05, 4.69) is 14.9 Å². The van der Waals surface area contributed by atoms with Gasteiger partial charge in [0.25, 0.3) is 0 Å². The van der Waals surface area contributed by atoms with Crippen molar-refractivity contribution < 1.29 is 8.42 Å². The molecule has 7 heteroatoms. The lowest BCUT2D eigenvalue weighted by Gasteiger charge is -2.07. The van der Waals surface area contributed by atoms with E-state index in [1.54, 1.807) is 32.0 Å². The van der Waals surface area contributed by atoms with Gasteiger partial charge in [-0.05, 0) is 31.5 Å². The molecule has 2 aromatic rings. The molecule has 0 saturated carbocycles. The Labute approximate surface area is 117 Å². The fraction of sp³-hybridized carbons (Fsp3) is 0.250. The second-order valence-electron chi connectivity index (χ2n) is 4.22. The predicted octanol–water partition coefficient (Wildman–Crippen LogP) is 2.16. The molecule has 1 aromatic heterocycles. The third-order valence-electron chi connectivity index (χ3n) is 2.68. The summed E-state index contributed by atoms with van der Waals surface area (Å²) in [6.45, 7) is 3.51. The van der Waals surface area contributed by atoms with Crippen molar-refractivity contribution in [2.24, 2.45) is 0 Å². The normalized spacial score (nSPS) is 11.7. The van der Waals surface area contributed by atoms with Crippen LogP contribution in [0.25, 0.3) is 0 Å². The highest BCUT2D eigenvalue weighted by molar-refractivity contribution is 7.89. The van der Waals surface area contributed by atoms with Crippen molar-refractivity contribution in [2.45, 2.75) is 25.3 Å². The van der Waals surface area contributed by atoms with Crippen LogP contribution in [-0.4, -0.2) is 18.6 Å². The lowest BCUT2D eigenvalue weighted by Crippen LogP contribution is -2.24. The van der Waals surface area contributed by atoms with Gasteiger partial charge in [-0.3, -0.25) is 5.10 Å². The Hall–Kier alpha value is -1.37. The van der Waals surface area contributed by atoms with E-state index in [9.17, 15) is 8.42 Å². The van der Waals surface area contributed by atoms with Gasteiger partial charge in [-0.25, -0.2) is 13.1 Å². The molecule has 1 aromatic carbocycles. The largest absolute Gasteiger partial charge is 0.281 e. The summed E-state index contributed by atoms with van der Waals surface area (Å²) >= 11 is 5.85. The Morgan fingerprint density at radius 1 is 1.37 bits per heavy atom. The number of aromatic nitrogens is 2. The number of hydrogen-bond acceptors (Lipinski definition) is 3. The molecule has 0 fully saturated rings. The van der Waals surface area contributed by atoms with E-state index >= 15 is 0 Å². The quantitative estimate of drug-likeness (QED) is 0.908. The third kappa shape index (κ3) is 3.15. The number of nitrogens with one attached hydrogen (secondary N) is 2. The SMILES string of the molecule is Cc1n[nH]c(C)c1S(=O)(=O)NCc1cccc(Cl)c1. The fourth-order valence-corrected chi connectivity index (χ4v) is 3.43. The van der Waals surface area contributed by atoms with Gasteiger partial charge in [0.05, 0.1) is 11.4 Å². The summed E-state index contributed by atoms with van der Waals surface area (Å²) < 4.78 is 26.9. The van der Waals surface area contributed by atoms with Crippen molar-refractivity contribution >= 4 is 21.6 Å². The maximum Gasteiger partial charge on any atom is 0.244 e. The molecule has 102 valence electrons. The van der Waals surface area contributed by atoms with Crippen molar-refractivity contribution in [1.82, 2.24) is 14.9 Å². The van der Waals surface area contributed by atoms with E-state index in [1.165, 1.54) is 0 Å². The van der Waals surface area contributed by atoms with Crippen LogP contribution >= 0.6 is 11.6 Å². The Morgan fingerprint density at radius 3 is 2.68 bits per heavy atom. The zero-order chi connectivity index (χ0) is 14.0. The van der Waals surface area contributed by atoms with E-state index in [4.69, 9.17) is 11.6 Å². The molecule has 0 spiro atoms. The van der Waals surface area contributed by atoms with Crippen molar-refractivity contribution in [3.63, 3.8) is 0 Å². The van der Waals surface area contributed by atoms with Crippen LogP contribution in [0.5, 0.6) is 0 Å². The molecular formula is C12H14ClN3O2S. The predicted molar refractivity (Wildman–Crippen MR) is 73.5 cm³/mol. The van der Waals surface area contributed by atoms with E-state index in [0.29, 0.717) is 16.4 Å². The van der Waals surface area contributed by atoms with Crippen LogP contribution in [0.3, 0.4) is 0 Å². The maximum atomic E-state index is 12.2. The zero-order valence-corrected chi connectivity index (χ0v) is 12.1. The summed E-state index contributed by atoms with van der Waals surface area (Å²) in [6, 6.07) is 7.05. The van der Waals surface area contributed by atoms with Crippen molar-refractivity contribution in [2.75, 3.05) is 0 Å². The minimum absolute atomic E-state index is 0.187. The molecule has 0 amide bonds. The molecule has 0 bridgehead atoms. The average Bonchev–Trinajstić information content (AvgIpc) is 2.67. The summed E-state index contributed by atoms with van der Waals surface area (Å²) in [4.78, 5) is 0.203. The molecule has 0 aliphatic carbocycles. The van der Waals surface area contributed by atoms with Crippen LogP contribution in [0, 0.1) is 13.8 Å². The lowest BCUT2D eigenvalue weighted by atomic mass is 10.2. The lowest BCUT2D eigenvalue weighted by molar-refractivity contribution is 0.580. The number of halogens is 1. The number of sulfonamides is 1. The van der Waals surface area contributed by atoms with Gasteiger partial charge < -0.3 is 0 Å². The highest BCUT2D eigenvalue weighted by Crippen LogP contribution is 2.17. The highest BCUT2D eigenvalue weighted by atomic mass is 35.5. The molecule has 2 N–H and O–H groups in total. The molecule has 19 heavy (non-hydrogen) atoms. The van der Waals surface area contributed by atoms with Gasteiger partial charge >= 0.3 is 0 Å². The summed E-state index contributed by atoms with van der Waals surface area (Å²) in [5.74, 6) is 0. The molecule has 2 rings (SSSR count). The fourth-order valence-electron chi connectivity index (χ4n) is 1.83. The topological polar surface area (TPSA) is 74.8 Å².